The average Bonchev–Trinajstić information content (AvgIpc) is 3.37. The van der Waals surface area contributed by atoms with Gasteiger partial charge in [0.2, 0.25) is 0 Å². The van der Waals surface area contributed by atoms with Crippen LogP contribution < -0.4 is 0 Å². The molecule has 0 aromatic rings. The number of aliphatic hydroxyl groups is 1. The molecule has 7 rings (SSSR count). The Labute approximate surface area is 235 Å². The van der Waals surface area contributed by atoms with Crippen molar-refractivity contribution < 1.29 is 43.2 Å². The fraction of sp³-hybridized carbons (Fsp3) is 0.839. The van der Waals surface area contributed by atoms with Crippen molar-refractivity contribution in [2.24, 2.45) is 29.1 Å². The molecular weight excluding hydrogens is 516 g/mol. The maximum atomic E-state index is 12.7. The van der Waals surface area contributed by atoms with E-state index in [2.05, 4.69) is 27.7 Å². The van der Waals surface area contributed by atoms with Gasteiger partial charge in [0.15, 0.2) is 0 Å². The number of hydrogen-bond acceptors (Lipinski definition) is 9. The van der Waals surface area contributed by atoms with Gasteiger partial charge in [-0.25, -0.2) is 4.79 Å². The van der Waals surface area contributed by atoms with Crippen LogP contribution in [0.25, 0.3) is 0 Å². The highest BCUT2D eigenvalue weighted by molar-refractivity contribution is 5.88. The summed E-state index contributed by atoms with van der Waals surface area (Å²) < 4.78 is 31.2. The van der Waals surface area contributed by atoms with Crippen LogP contribution in [-0.4, -0.2) is 69.8 Å². The lowest BCUT2D eigenvalue weighted by Crippen LogP contribution is -2.67. The summed E-state index contributed by atoms with van der Waals surface area (Å²) in [6.45, 7) is 11.6. The first-order valence-electron chi connectivity index (χ1n) is 15.0. The Morgan fingerprint density at radius 2 is 1.85 bits per heavy atom. The van der Waals surface area contributed by atoms with Crippen molar-refractivity contribution in [2.45, 2.75) is 133 Å². The van der Waals surface area contributed by atoms with Crippen LogP contribution in [-0.2, 0) is 38.1 Å². The number of ether oxygens (including phenoxy) is 5. The summed E-state index contributed by atoms with van der Waals surface area (Å²) in [7, 11) is 0. The zero-order valence-electron chi connectivity index (χ0n) is 24.4. The summed E-state index contributed by atoms with van der Waals surface area (Å²) in [6.07, 6.45) is 4.07. The third kappa shape index (κ3) is 3.23. The second kappa shape index (κ2) is 8.10. The number of rotatable bonds is 3. The molecule has 2 spiro atoms. The van der Waals surface area contributed by atoms with Crippen LogP contribution in [0.2, 0.25) is 0 Å². The second-order valence-electron chi connectivity index (χ2n) is 14.6. The third-order valence-electron chi connectivity index (χ3n) is 12.4. The second-order valence-corrected chi connectivity index (χ2v) is 14.6. The van der Waals surface area contributed by atoms with Crippen LogP contribution in [0.1, 0.15) is 86.5 Å². The molecule has 220 valence electrons. The Kier molecular flexibility index (Phi) is 5.45. The van der Waals surface area contributed by atoms with E-state index in [1.165, 1.54) is 6.92 Å². The van der Waals surface area contributed by atoms with Gasteiger partial charge in [0.25, 0.3) is 0 Å². The van der Waals surface area contributed by atoms with E-state index in [1.807, 2.05) is 6.08 Å². The molecule has 0 amide bonds. The first-order chi connectivity index (χ1) is 18.7. The SMILES string of the molecule is CC(=O)OC1CC2(O)CC34OC(=O)CC3OC(C)(C)C4CCC2C23OC2CC(C(C)C2CC=C(C)C(=O)O2)C13C. The van der Waals surface area contributed by atoms with Crippen molar-refractivity contribution in [1.82, 2.24) is 0 Å². The fourth-order valence-electron chi connectivity index (χ4n) is 10.7. The molecule has 3 saturated carbocycles. The van der Waals surface area contributed by atoms with Crippen molar-refractivity contribution in [3.05, 3.63) is 11.6 Å². The van der Waals surface area contributed by atoms with E-state index in [1.54, 1.807) is 6.92 Å². The average molecular weight is 559 g/mol. The van der Waals surface area contributed by atoms with Gasteiger partial charge in [-0.15, -0.1) is 0 Å². The zero-order chi connectivity index (χ0) is 28.6. The van der Waals surface area contributed by atoms with Gasteiger partial charge in [-0.2, -0.15) is 0 Å². The molecule has 3 aliphatic carbocycles. The van der Waals surface area contributed by atoms with Gasteiger partial charge >= 0.3 is 17.9 Å². The van der Waals surface area contributed by atoms with E-state index >= 15 is 0 Å². The number of carbonyl (C=O) groups excluding carboxylic acids is 3. The number of cyclic esters (lactones) is 1. The summed E-state index contributed by atoms with van der Waals surface area (Å²) >= 11 is 0. The Bertz CT molecular complexity index is 1210. The highest BCUT2D eigenvalue weighted by Crippen LogP contribution is 2.77. The van der Waals surface area contributed by atoms with E-state index in [0.717, 1.165) is 12.8 Å². The maximum Gasteiger partial charge on any atom is 0.333 e. The van der Waals surface area contributed by atoms with Crippen molar-refractivity contribution in [1.29, 1.82) is 0 Å². The number of hydrogen-bond donors (Lipinski definition) is 1. The standard InChI is InChI=1S/C31H42O9/c1-15-7-8-19(37-26(15)34)16(2)18-11-23-31(39-23)21-10-9-20-27(4,5)38-22-12-25(33)40-30(20,22)14-29(21,35)13-24(28(18,31)6)36-17(3)32/h7,16,18-24,35H,8-14H2,1-6H3. The van der Waals surface area contributed by atoms with Crippen molar-refractivity contribution in [3.8, 4) is 0 Å². The minimum absolute atomic E-state index is 0.00655. The summed E-state index contributed by atoms with van der Waals surface area (Å²) in [6, 6.07) is 0. The Morgan fingerprint density at radius 3 is 2.55 bits per heavy atom. The monoisotopic (exact) mass is 558 g/mol. The molecule has 0 radical (unpaired) electrons. The van der Waals surface area contributed by atoms with E-state index in [4.69, 9.17) is 23.7 Å². The Hall–Kier alpha value is -1.97. The highest BCUT2D eigenvalue weighted by atomic mass is 16.6. The van der Waals surface area contributed by atoms with E-state index in [0.29, 0.717) is 18.4 Å². The van der Waals surface area contributed by atoms with Gasteiger partial charge in [-0.1, -0.05) is 19.9 Å². The van der Waals surface area contributed by atoms with Crippen molar-refractivity contribution in [3.63, 3.8) is 0 Å². The predicted molar refractivity (Wildman–Crippen MR) is 140 cm³/mol. The van der Waals surface area contributed by atoms with Gasteiger partial charge in [0.05, 0.1) is 23.7 Å². The zero-order valence-corrected chi connectivity index (χ0v) is 24.4. The molecule has 9 heteroatoms. The van der Waals surface area contributed by atoms with Crippen LogP contribution in [0, 0.1) is 29.1 Å². The Balaban J connectivity index is 1.29. The van der Waals surface area contributed by atoms with Crippen molar-refractivity contribution in [2.75, 3.05) is 0 Å². The molecule has 0 aromatic carbocycles. The van der Waals surface area contributed by atoms with E-state index in [-0.39, 0.29) is 67.1 Å². The van der Waals surface area contributed by atoms with Gasteiger partial charge < -0.3 is 28.8 Å². The quantitative estimate of drug-likeness (QED) is 0.316. The summed E-state index contributed by atoms with van der Waals surface area (Å²) in [5.41, 5.74) is -3.32. The van der Waals surface area contributed by atoms with Crippen molar-refractivity contribution >= 4 is 17.9 Å². The molecule has 40 heavy (non-hydrogen) atoms. The fourth-order valence-corrected chi connectivity index (χ4v) is 10.7. The molecule has 4 heterocycles. The topological polar surface area (TPSA) is 121 Å². The smallest absolute Gasteiger partial charge is 0.333 e. The van der Waals surface area contributed by atoms with Gasteiger partial charge in [0.1, 0.15) is 29.5 Å². The molecule has 0 bridgehead atoms. The highest BCUT2D eigenvalue weighted by Gasteiger charge is 2.86. The molecule has 1 N–H and O–H groups in total. The molecule has 3 saturated heterocycles. The maximum absolute atomic E-state index is 12.7. The Morgan fingerprint density at radius 1 is 1.12 bits per heavy atom. The normalized spacial score (nSPS) is 52.5. The predicted octanol–water partition coefficient (Wildman–Crippen LogP) is 3.39. The van der Waals surface area contributed by atoms with Gasteiger partial charge in [-0.3, -0.25) is 9.59 Å². The van der Waals surface area contributed by atoms with Crippen LogP contribution in [0.15, 0.2) is 11.6 Å². The minimum atomic E-state index is -1.27. The van der Waals surface area contributed by atoms with Crippen LogP contribution in [0.4, 0.5) is 0 Å². The van der Waals surface area contributed by atoms with E-state index in [9.17, 15) is 19.5 Å². The molecule has 0 aromatic heterocycles. The molecule has 12 atom stereocenters. The summed E-state index contributed by atoms with van der Waals surface area (Å²) in [5, 5.41) is 12.7. The number of epoxide rings is 1. The third-order valence-corrected chi connectivity index (χ3v) is 12.4. The van der Waals surface area contributed by atoms with Crippen LogP contribution in [0.3, 0.4) is 0 Å². The first kappa shape index (κ1) is 26.9. The van der Waals surface area contributed by atoms with E-state index < -0.39 is 46.0 Å². The molecule has 12 unspecified atom stereocenters. The number of fused-ring (bicyclic) bond motifs is 1. The summed E-state index contributed by atoms with van der Waals surface area (Å²) in [5.74, 6) is -1.19. The van der Waals surface area contributed by atoms with Crippen LogP contribution in [0.5, 0.6) is 0 Å². The number of carbonyl (C=O) groups is 3. The molecule has 9 nitrogen and oxygen atoms in total. The lowest BCUT2D eigenvalue weighted by atomic mass is 9.51. The molecule has 7 aliphatic rings. The molecule has 4 aliphatic heterocycles. The molecular formula is C31H42O9. The lowest BCUT2D eigenvalue weighted by Gasteiger charge is -2.58. The van der Waals surface area contributed by atoms with Gasteiger partial charge in [-0.05, 0) is 51.9 Å². The minimum Gasteiger partial charge on any atom is -0.462 e. The number of esters is 3. The molecule has 6 fully saturated rings. The largest absolute Gasteiger partial charge is 0.462 e. The van der Waals surface area contributed by atoms with Gasteiger partial charge in [0, 0.05) is 49.0 Å². The summed E-state index contributed by atoms with van der Waals surface area (Å²) in [4.78, 5) is 37.6. The van der Waals surface area contributed by atoms with Crippen LogP contribution >= 0.6 is 0 Å². The lowest BCUT2D eigenvalue weighted by molar-refractivity contribution is -0.230. The first-order valence-corrected chi connectivity index (χ1v) is 15.0.